The van der Waals surface area contributed by atoms with Crippen LogP contribution >= 0.6 is 0 Å². The number of nitrogen functional groups attached to an aromatic ring is 1. The number of rotatable bonds is 3. The van der Waals surface area contributed by atoms with Crippen LogP contribution in [-0.2, 0) is 13.6 Å². The molecule has 1 heterocycles. The van der Waals surface area contributed by atoms with Gasteiger partial charge in [0.25, 0.3) is 5.91 Å². The monoisotopic (exact) mass is 264 g/mol. The fraction of sp³-hybridized carbons (Fsp3) is 0.167. The van der Waals surface area contributed by atoms with Crippen molar-refractivity contribution in [2.75, 3.05) is 5.73 Å². The molecule has 0 atom stereocenters. The summed E-state index contributed by atoms with van der Waals surface area (Å²) >= 11 is 0. The minimum Gasteiger partial charge on any atom is -0.508 e. The second-order valence-electron chi connectivity index (χ2n) is 4.03. The lowest BCUT2D eigenvalue weighted by Gasteiger charge is -2.06. The summed E-state index contributed by atoms with van der Waals surface area (Å²) in [5.41, 5.74) is 6.23. The van der Waals surface area contributed by atoms with Crippen molar-refractivity contribution in [3.05, 3.63) is 41.3 Å². The van der Waals surface area contributed by atoms with Crippen LogP contribution < -0.4 is 11.1 Å². The third-order valence-corrected chi connectivity index (χ3v) is 2.70. The van der Waals surface area contributed by atoms with Gasteiger partial charge in [-0.05, 0) is 12.1 Å². The van der Waals surface area contributed by atoms with Crippen LogP contribution in [0.1, 0.15) is 15.9 Å². The number of carbonyl (C=O) groups is 1. The van der Waals surface area contributed by atoms with Gasteiger partial charge in [-0.25, -0.2) is 4.39 Å². The van der Waals surface area contributed by atoms with Crippen LogP contribution in [0, 0.1) is 5.82 Å². The number of hydrogen-bond acceptors (Lipinski definition) is 4. The van der Waals surface area contributed by atoms with E-state index in [1.807, 2.05) is 0 Å². The lowest BCUT2D eigenvalue weighted by Crippen LogP contribution is -2.24. The predicted molar refractivity (Wildman–Crippen MR) is 66.9 cm³/mol. The summed E-state index contributed by atoms with van der Waals surface area (Å²) in [7, 11) is 1.68. The highest BCUT2D eigenvalue weighted by molar-refractivity contribution is 5.94. The first-order chi connectivity index (χ1) is 8.99. The zero-order valence-corrected chi connectivity index (χ0v) is 10.2. The number of carbonyl (C=O) groups excluding carboxylic acids is 1. The smallest absolute Gasteiger partial charge is 0.254 e. The van der Waals surface area contributed by atoms with Gasteiger partial charge in [-0.15, -0.1) is 0 Å². The van der Waals surface area contributed by atoms with E-state index in [0.717, 1.165) is 6.07 Å². The Bertz CT molecular complexity index is 624. The zero-order chi connectivity index (χ0) is 14.0. The van der Waals surface area contributed by atoms with Gasteiger partial charge in [0.15, 0.2) is 0 Å². The maximum Gasteiger partial charge on any atom is 0.254 e. The number of benzene rings is 1. The van der Waals surface area contributed by atoms with E-state index in [1.54, 1.807) is 7.05 Å². The number of nitrogens with two attached hydrogens (primary N) is 1. The van der Waals surface area contributed by atoms with Gasteiger partial charge in [-0.3, -0.25) is 9.48 Å². The molecule has 0 saturated heterocycles. The number of amides is 1. The van der Waals surface area contributed by atoms with Crippen molar-refractivity contribution in [3.8, 4) is 5.75 Å². The zero-order valence-electron chi connectivity index (χ0n) is 10.2. The Hall–Kier alpha value is -2.57. The van der Waals surface area contributed by atoms with Crippen LogP contribution in [0.4, 0.5) is 10.2 Å². The van der Waals surface area contributed by atoms with Gasteiger partial charge >= 0.3 is 0 Å². The molecule has 6 nitrogen and oxygen atoms in total. The summed E-state index contributed by atoms with van der Waals surface area (Å²) in [6.07, 6.45) is 1.53. The maximum absolute atomic E-state index is 13.4. The predicted octanol–water partition coefficient (Wildman–Crippen LogP) is 0.777. The number of nitrogens with zero attached hydrogens (tertiary/aromatic N) is 2. The second kappa shape index (κ2) is 4.97. The molecule has 1 aromatic heterocycles. The Morgan fingerprint density at radius 1 is 1.58 bits per heavy atom. The fourth-order valence-corrected chi connectivity index (χ4v) is 1.59. The molecule has 0 saturated carbocycles. The number of aromatic hydroxyl groups is 1. The van der Waals surface area contributed by atoms with Crippen molar-refractivity contribution in [3.63, 3.8) is 0 Å². The van der Waals surface area contributed by atoms with Crippen LogP contribution in [-0.4, -0.2) is 20.8 Å². The number of nitrogens with one attached hydrogen (secondary N) is 1. The topological polar surface area (TPSA) is 93.2 Å². The maximum atomic E-state index is 13.4. The Kier molecular flexibility index (Phi) is 3.37. The van der Waals surface area contributed by atoms with Crippen LogP contribution in [0.15, 0.2) is 24.4 Å². The number of anilines is 1. The minimum absolute atomic E-state index is 0.139. The number of aromatic nitrogens is 2. The van der Waals surface area contributed by atoms with Gasteiger partial charge in [0.2, 0.25) is 0 Å². The number of phenolic OH excluding ortho intramolecular Hbond substituents is 1. The second-order valence-corrected chi connectivity index (χ2v) is 4.03. The highest BCUT2D eigenvalue weighted by Crippen LogP contribution is 2.15. The van der Waals surface area contributed by atoms with Crippen LogP contribution in [0.25, 0.3) is 0 Å². The number of phenols is 1. The van der Waals surface area contributed by atoms with E-state index in [9.17, 15) is 9.18 Å². The Labute approximate surface area is 108 Å². The molecule has 0 radical (unpaired) electrons. The van der Waals surface area contributed by atoms with E-state index in [1.165, 1.54) is 23.0 Å². The molecule has 0 fully saturated rings. The molecule has 0 spiro atoms. The van der Waals surface area contributed by atoms with Crippen molar-refractivity contribution in [2.24, 2.45) is 7.05 Å². The van der Waals surface area contributed by atoms with Crippen molar-refractivity contribution in [1.82, 2.24) is 15.1 Å². The number of aryl methyl sites for hydroxylation is 1. The van der Waals surface area contributed by atoms with Gasteiger partial charge in [0, 0.05) is 25.2 Å². The average Bonchev–Trinajstić information content (AvgIpc) is 2.67. The third-order valence-electron chi connectivity index (χ3n) is 2.70. The first-order valence-electron chi connectivity index (χ1n) is 5.52. The average molecular weight is 264 g/mol. The first kappa shape index (κ1) is 12.9. The normalized spacial score (nSPS) is 10.4. The van der Waals surface area contributed by atoms with E-state index in [4.69, 9.17) is 10.8 Å². The molecule has 2 aromatic rings. The van der Waals surface area contributed by atoms with Crippen LogP contribution in [0.3, 0.4) is 0 Å². The molecule has 0 unspecified atom stereocenters. The molecule has 19 heavy (non-hydrogen) atoms. The van der Waals surface area contributed by atoms with Gasteiger partial charge in [0.05, 0.1) is 11.8 Å². The third kappa shape index (κ3) is 2.65. The molecule has 4 N–H and O–H groups in total. The molecular weight excluding hydrogens is 251 g/mol. The van der Waals surface area contributed by atoms with Gasteiger partial charge < -0.3 is 16.2 Å². The standard InChI is InChI=1S/C12H13FN4O2/c1-17-11(14)7(6-16-17)5-15-12(19)9-3-2-8(18)4-10(9)13/h2-4,6,18H,5,14H2,1H3,(H,15,19). The lowest BCUT2D eigenvalue weighted by molar-refractivity contribution is 0.0947. The van der Waals surface area contributed by atoms with Crippen molar-refractivity contribution >= 4 is 11.7 Å². The quantitative estimate of drug-likeness (QED) is 0.763. The SMILES string of the molecule is Cn1ncc(CNC(=O)c2ccc(O)cc2F)c1N. The largest absolute Gasteiger partial charge is 0.508 e. The van der Waals surface area contributed by atoms with E-state index in [-0.39, 0.29) is 17.9 Å². The summed E-state index contributed by atoms with van der Waals surface area (Å²) in [5, 5.41) is 15.5. The van der Waals surface area contributed by atoms with E-state index < -0.39 is 11.7 Å². The highest BCUT2D eigenvalue weighted by Gasteiger charge is 2.13. The molecule has 7 heteroatoms. The summed E-state index contributed by atoms with van der Waals surface area (Å²) in [6.45, 7) is 0.152. The van der Waals surface area contributed by atoms with Gasteiger partial charge in [-0.2, -0.15) is 5.10 Å². The first-order valence-corrected chi connectivity index (χ1v) is 5.52. The Morgan fingerprint density at radius 3 is 2.89 bits per heavy atom. The summed E-state index contributed by atoms with van der Waals surface area (Å²) in [6, 6.07) is 3.34. The van der Waals surface area contributed by atoms with E-state index >= 15 is 0 Å². The molecule has 1 aromatic carbocycles. The summed E-state index contributed by atoms with van der Waals surface area (Å²) < 4.78 is 14.9. The Balaban J connectivity index is 2.07. The lowest BCUT2D eigenvalue weighted by atomic mass is 10.2. The Morgan fingerprint density at radius 2 is 2.32 bits per heavy atom. The van der Waals surface area contributed by atoms with Gasteiger partial charge in [0.1, 0.15) is 17.4 Å². The molecule has 100 valence electrons. The van der Waals surface area contributed by atoms with Crippen LogP contribution in [0.5, 0.6) is 5.75 Å². The van der Waals surface area contributed by atoms with Gasteiger partial charge in [-0.1, -0.05) is 0 Å². The molecule has 1 amide bonds. The number of halogens is 1. The van der Waals surface area contributed by atoms with Crippen molar-refractivity contribution < 1.29 is 14.3 Å². The fourth-order valence-electron chi connectivity index (χ4n) is 1.59. The van der Waals surface area contributed by atoms with E-state index in [0.29, 0.717) is 11.4 Å². The highest BCUT2D eigenvalue weighted by atomic mass is 19.1. The summed E-state index contributed by atoms with van der Waals surface area (Å²) in [4.78, 5) is 11.8. The molecule has 0 aliphatic rings. The molecule has 2 rings (SSSR count). The van der Waals surface area contributed by atoms with Crippen LogP contribution in [0.2, 0.25) is 0 Å². The van der Waals surface area contributed by atoms with Crippen molar-refractivity contribution in [2.45, 2.75) is 6.54 Å². The minimum atomic E-state index is -0.781. The molecule has 0 bridgehead atoms. The molecule has 0 aliphatic heterocycles. The molecule has 0 aliphatic carbocycles. The van der Waals surface area contributed by atoms with Crippen molar-refractivity contribution in [1.29, 1.82) is 0 Å². The number of hydrogen-bond donors (Lipinski definition) is 3. The molecular formula is C12H13FN4O2. The summed E-state index contributed by atoms with van der Waals surface area (Å²) in [5.74, 6) is -1.16. The van der Waals surface area contributed by atoms with E-state index in [2.05, 4.69) is 10.4 Å².